The number of nitrogens with zero attached hydrogens (tertiary/aromatic N) is 2. The van der Waals surface area contributed by atoms with Crippen LogP contribution < -0.4 is 16.2 Å². The average molecular weight is 407 g/mol. The van der Waals surface area contributed by atoms with Crippen molar-refractivity contribution >= 4 is 11.9 Å². The lowest BCUT2D eigenvalue weighted by molar-refractivity contribution is 0.296. The number of benzene rings is 2. The van der Waals surface area contributed by atoms with Crippen molar-refractivity contribution in [2.24, 2.45) is 16.5 Å². The normalized spacial score (nSPS) is 14.1. The van der Waals surface area contributed by atoms with E-state index in [1.807, 2.05) is 44.2 Å². The molecule has 1 aromatic heterocycles. The third-order valence-electron chi connectivity index (χ3n) is 4.36. The van der Waals surface area contributed by atoms with Crippen molar-refractivity contribution in [3.05, 3.63) is 78.0 Å². The number of ether oxygens (including phenoxy) is 1. The van der Waals surface area contributed by atoms with Crippen molar-refractivity contribution in [1.29, 1.82) is 0 Å². The van der Waals surface area contributed by atoms with E-state index < -0.39 is 0 Å². The first kappa shape index (κ1) is 21.3. The highest BCUT2D eigenvalue weighted by Gasteiger charge is 2.06. The van der Waals surface area contributed by atoms with Gasteiger partial charge in [-0.1, -0.05) is 12.1 Å². The molecule has 5 N–H and O–H groups in total. The van der Waals surface area contributed by atoms with Crippen molar-refractivity contribution in [3.63, 3.8) is 0 Å². The molecule has 0 spiro atoms. The maximum Gasteiger partial charge on any atom is 0.130 e. The second kappa shape index (κ2) is 9.84. The fourth-order valence-corrected chi connectivity index (χ4v) is 2.80. The molecule has 0 aliphatic rings. The van der Waals surface area contributed by atoms with Gasteiger partial charge in [0.1, 0.15) is 29.8 Å². The molecule has 0 bridgehead atoms. The third-order valence-corrected chi connectivity index (χ3v) is 4.36. The van der Waals surface area contributed by atoms with E-state index in [0.717, 1.165) is 22.6 Å². The zero-order valence-electron chi connectivity index (χ0n) is 17.0. The van der Waals surface area contributed by atoms with Crippen LogP contribution in [-0.4, -0.2) is 28.5 Å². The minimum Gasteiger partial charge on any atom is -0.492 e. The highest BCUT2D eigenvalue weighted by atomic mass is 19.1. The van der Waals surface area contributed by atoms with Gasteiger partial charge >= 0.3 is 0 Å². The number of nitrogens with one attached hydrogen (secondary N) is 1. The van der Waals surface area contributed by atoms with E-state index in [-0.39, 0.29) is 17.9 Å². The molecule has 0 saturated heterocycles. The summed E-state index contributed by atoms with van der Waals surface area (Å²) >= 11 is 0. The van der Waals surface area contributed by atoms with Gasteiger partial charge in [-0.15, -0.1) is 0 Å². The first-order valence-electron chi connectivity index (χ1n) is 9.71. The van der Waals surface area contributed by atoms with Crippen molar-refractivity contribution in [2.75, 3.05) is 6.61 Å². The Bertz CT molecular complexity index is 1020. The predicted octanol–water partition coefficient (Wildman–Crippen LogP) is 4.07. The Kier molecular flexibility index (Phi) is 6.98. The standard InChI is InChI=1S/C23H26FN5O/c1-15(25)14-30-20-8-6-17(7-9-20)21-13-27-23(29-21)11-10-22(26)28-16(2)18-4-3-5-19(24)12-18/h3-13,15-16H,14,25H2,1-2H3,(H2,26,28)(H,27,29)/b11-10-/t15-,16-/m1/s1. The number of aliphatic imine (C=N–C) groups is 1. The van der Waals surface area contributed by atoms with Gasteiger partial charge < -0.3 is 21.2 Å². The summed E-state index contributed by atoms with van der Waals surface area (Å²) < 4.78 is 18.9. The first-order chi connectivity index (χ1) is 14.4. The molecule has 2 aromatic carbocycles. The van der Waals surface area contributed by atoms with Crippen LogP contribution in [0.5, 0.6) is 5.75 Å². The Morgan fingerprint density at radius 1 is 1.23 bits per heavy atom. The number of halogens is 1. The van der Waals surface area contributed by atoms with E-state index >= 15 is 0 Å². The van der Waals surface area contributed by atoms with E-state index in [1.165, 1.54) is 12.1 Å². The van der Waals surface area contributed by atoms with Crippen molar-refractivity contribution < 1.29 is 9.13 Å². The number of imidazole rings is 1. The predicted molar refractivity (Wildman–Crippen MR) is 119 cm³/mol. The van der Waals surface area contributed by atoms with Crippen LogP contribution in [0.1, 0.15) is 31.3 Å². The molecule has 3 aromatic rings. The van der Waals surface area contributed by atoms with Gasteiger partial charge in [-0.3, -0.25) is 4.99 Å². The molecule has 0 amide bonds. The second-order valence-electron chi connectivity index (χ2n) is 7.11. The van der Waals surface area contributed by atoms with Crippen LogP contribution in [0, 0.1) is 5.82 Å². The van der Waals surface area contributed by atoms with Gasteiger partial charge in [0, 0.05) is 6.04 Å². The quantitative estimate of drug-likeness (QED) is 0.387. The van der Waals surface area contributed by atoms with E-state index in [4.69, 9.17) is 16.2 Å². The van der Waals surface area contributed by atoms with E-state index in [0.29, 0.717) is 18.3 Å². The fraction of sp³-hybridized carbons (Fsp3) is 0.217. The van der Waals surface area contributed by atoms with Crippen LogP contribution in [0.2, 0.25) is 0 Å². The summed E-state index contributed by atoms with van der Waals surface area (Å²) in [5.74, 6) is 1.46. The van der Waals surface area contributed by atoms with E-state index in [1.54, 1.807) is 24.4 Å². The highest BCUT2D eigenvalue weighted by Crippen LogP contribution is 2.21. The third kappa shape index (κ3) is 6.02. The Morgan fingerprint density at radius 2 is 2.00 bits per heavy atom. The molecule has 0 saturated carbocycles. The largest absolute Gasteiger partial charge is 0.492 e. The van der Waals surface area contributed by atoms with Crippen molar-refractivity contribution in [2.45, 2.75) is 25.9 Å². The van der Waals surface area contributed by atoms with Crippen LogP contribution >= 0.6 is 0 Å². The molecule has 156 valence electrons. The average Bonchev–Trinajstić information content (AvgIpc) is 3.20. The molecule has 0 radical (unpaired) electrons. The lowest BCUT2D eigenvalue weighted by atomic mass is 10.1. The maximum absolute atomic E-state index is 13.4. The Labute approximate surface area is 175 Å². The maximum atomic E-state index is 13.4. The molecular weight excluding hydrogens is 381 g/mol. The lowest BCUT2D eigenvalue weighted by Crippen LogP contribution is -2.23. The molecule has 0 aliphatic heterocycles. The Hall–Kier alpha value is -3.45. The molecule has 0 fully saturated rings. The minimum absolute atomic E-state index is 0.0144. The highest BCUT2D eigenvalue weighted by molar-refractivity contribution is 5.94. The number of hydrogen-bond donors (Lipinski definition) is 3. The minimum atomic E-state index is -0.291. The number of H-pyrrole nitrogens is 1. The van der Waals surface area contributed by atoms with E-state index in [9.17, 15) is 4.39 Å². The molecule has 30 heavy (non-hydrogen) atoms. The molecule has 3 rings (SSSR count). The van der Waals surface area contributed by atoms with Crippen molar-refractivity contribution in [1.82, 2.24) is 9.97 Å². The number of aromatic amines is 1. The van der Waals surface area contributed by atoms with Crippen molar-refractivity contribution in [3.8, 4) is 17.0 Å². The number of amidine groups is 1. The lowest BCUT2D eigenvalue weighted by Gasteiger charge is -2.08. The van der Waals surface area contributed by atoms with Gasteiger partial charge in [0.2, 0.25) is 0 Å². The SMILES string of the molecule is C[C@@H](N)COc1ccc(-c2cnc(/C=C\C(N)=N[C@H](C)c3cccc(F)c3)[nH]2)cc1. The summed E-state index contributed by atoms with van der Waals surface area (Å²) in [6.45, 7) is 4.23. The summed E-state index contributed by atoms with van der Waals surface area (Å²) in [5, 5.41) is 0. The molecule has 0 aliphatic carbocycles. The first-order valence-corrected chi connectivity index (χ1v) is 9.71. The molecule has 7 heteroatoms. The molecule has 0 unspecified atom stereocenters. The summed E-state index contributed by atoms with van der Waals surface area (Å²) in [6, 6.07) is 13.8. The van der Waals surface area contributed by atoms with E-state index in [2.05, 4.69) is 15.0 Å². The van der Waals surface area contributed by atoms with Gasteiger partial charge in [-0.25, -0.2) is 9.37 Å². The van der Waals surface area contributed by atoms with Gasteiger partial charge in [-0.05, 0) is 73.5 Å². The molecule has 2 atom stereocenters. The Balaban J connectivity index is 1.63. The van der Waals surface area contributed by atoms with Crippen LogP contribution in [-0.2, 0) is 0 Å². The van der Waals surface area contributed by atoms with Gasteiger partial charge in [0.15, 0.2) is 0 Å². The topological polar surface area (TPSA) is 102 Å². The zero-order valence-corrected chi connectivity index (χ0v) is 17.0. The summed E-state index contributed by atoms with van der Waals surface area (Å²) in [6.07, 6.45) is 5.17. The molecule has 1 heterocycles. The van der Waals surface area contributed by atoms with Crippen LogP contribution in [0.4, 0.5) is 4.39 Å². The van der Waals surface area contributed by atoms with Crippen LogP contribution in [0.25, 0.3) is 17.3 Å². The van der Waals surface area contributed by atoms with Crippen LogP contribution in [0.3, 0.4) is 0 Å². The fourth-order valence-electron chi connectivity index (χ4n) is 2.80. The summed E-state index contributed by atoms with van der Waals surface area (Å²) in [4.78, 5) is 12.0. The number of nitrogens with two attached hydrogens (primary N) is 2. The molecular formula is C23H26FN5O. The number of aromatic nitrogens is 2. The summed E-state index contributed by atoms with van der Waals surface area (Å²) in [5.41, 5.74) is 14.3. The monoisotopic (exact) mass is 407 g/mol. The Morgan fingerprint density at radius 3 is 2.70 bits per heavy atom. The van der Waals surface area contributed by atoms with Crippen LogP contribution in [0.15, 0.2) is 65.8 Å². The zero-order chi connectivity index (χ0) is 21.5. The molecule has 6 nitrogen and oxygen atoms in total. The van der Waals surface area contributed by atoms with Gasteiger partial charge in [0.05, 0.1) is 17.9 Å². The number of hydrogen-bond acceptors (Lipinski definition) is 4. The smallest absolute Gasteiger partial charge is 0.130 e. The van der Waals surface area contributed by atoms with Gasteiger partial charge in [0.25, 0.3) is 0 Å². The summed E-state index contributed by atoms with van der Waals surface area (Å²) in [7, 11) is 0. The second-order valence-corrected chi connectivity index (χ2v) is 7.11. The number of rotatable bonds is 8. The van der Waals surface area contributed by atoms with Gasteiger partial charge in [-0.2, -0.15) is 0 Å².